The normalized spacial score (nSPS) is 16.9. The molecule has 0 bridgehead atoms. The lowest BCUT2D eigenvalue weighted by Crippen LogP contribution is -2.32. The van der Waals surface area contributed by atoms with Gasteiger partial charge in [0.15, 0.2) is 0 Å². The Bertz CT molecular complexity index is 427. The first-order valence-corrected chi connectivity index (χ1v) is 6.71. The summed E-state index contributed by atoms with van der Waals surface area (Å²) in [5, 5.41) is 3.01. The van der Waals surface area contributed by atoms with Gasteiger partial charge in [0.1, 0.15) is 0 Å². The minimum absolute atomic E-state index is 0.0364. The summed E-state index contributed by atoms with van der Waals surface area (Å²) in [6, 6.07) is 1.79. The number of halogens is 1. The maximum absolute atomic E-state index is 11.9. The lowest BCUT2D eigenvalue weighted by Gasteiger charge is -2.19. The van der Waals surface area contributed by atoms with E-state index in [-0.39, 0.29) is 5.91 Å². The van der Waals surface area contributed by atoms with Crippen LogP contribution < -0.4 is 5.32 Å². The largest absolute Gasteiger partial charge is 0.351 e. The van der Waals surface area contributed by atoms with Crippen molar-refractivity contribution in [1.29, 1.82) is 0 Å². The molecule has 1 amide bonds. The zero-order valence-electron chi connectivity index (χ0n) is 10.2. The maximum atomic E-state index is 11.9. The Balaban J connectivity index is 1.94. The zero-order valence-corrected chi connectivity index (χ0v) is 11.8. The first kappa shape index (κ1) is 12.6. The van der Waals surface area contributed by atoms with Gasteiger partial charge in [0.25, 0.3) is 5.91 Å². The highest BCUT2D eigenvalue weighted by Crippen LogP contribution is 2.51. The van der Waals surface area contributed by atoms with Crippen LogP contribution in [0.3, 0.4) is 0 Å². The molecule has 1 aliphatic carbocycles. The quantitative estimate of drug-likeness (QED) is 0.928. The minimum atomic E-state index is -0.0364. The number of carbonyl (C=O) groups is 1. The van der Waals surface area contributed by atoms with Gasteiger partial charge in [-0.1, -0.05) is 13.8 Å². The maximum Gasteiger partial charge on any atom is 0.252 e. The number of hydrogen-bond acceptors (Lipinski definition) is 2. The fourth-order valence-corrected chi connectivity index (χ4v) is 2.38. The SMILES string of the molecule is CC(C)C1(CNC(=O)c2cncc(Br)c2)CC1. The molecule has 17 heavy (non-hydrogen) atoms. The number of hydrogen-bond donors (Lipinski definition) is 1. The third-order valence-corrected chi connectivity index (χ3v) is 4.12. The van der Waals surface area contributed by atoms with Gasteiger partial charge in [-0.15, -0.1) is 0 Å². The standard InChI is InChI=1S/C13H17BrN2O/c1-9(2)13(3-4-13)8-16-12(17)10-5-11(14)7-15-6-10/h5-7,9H,3-4,8H2,1-2H3,(H,16,17). The van der Waals surface area contributed by atoms with Crippen molar-refractivity contribution in [3.05, 3.63) is 28.5 Å². The van der Waals surface area contributed by atoms with E-state index in [0.29, 0.717) is 16.9 Å². The van der Waals surface area contributed by atoms with Gasteiger partial charge in [-0.3, -0.25) is 9.78 Å². The molecule has 0 saturated heterocycles. The van der Waals surface area contributed by atoms with Gasteiger partial charge in [-0.2, -0.15) is 0 Å². The summed E-state index contributed by atoms with van der Waals surface area (Å²) in [6.45, 7) is 5.22. The van der Waals surface area contributed by atoms with Crippen molar-refractivity contribution >= 4 is 21.8 Å². The van der Waals surface area contributed by atoms with Gasteiger partial charge in [-0.05, 0) is 46.2 Å². The third kappa shape index (κ3) is 2.86. The second-order valence-electron chi connectivity index (χ2n) is 5.09. The number of carbonyl (C=O) groups excluding carboxylic acids is 1. The molecule has 1 heterocycles. The van der Waals surface area contributed by atoms with Gasteiger partial charge in [0.2, 0.25) is 0 Å². The Labute approximate surface area is 110 Å². The molecule has 2 rings (SSSR count). The molecule has 0 spiro atoms. The third-order valence-electron chi connectivity index (χ3n) is 3.69. The monoisotopic (exact) mass is 296 g/mol. The van der Waals surface area contributed by atoms with Crippen molar-refractivity contribution in [3.63, 3.8) is 0 Å². The molecule has 3 nitrogen and oxygen atoms in total. The Kier molecular flexibility index (Phi) is 3.52. The van der Waals surface area contributed by atoms with Crippen LogP contribution in [0.4, 0.5) is 0 Å². The molecule has 0 aromatic carbocycles. The van der Waals surface area contributed by atoms with Crippen LogP contribution in [0.15, 0.2) is 22.9 Å². The van der Waals surface area contributed by atoms with E-state index >= 15 is 0 Å². The van der Waals surface area contributed by atoms with E-state index in [1.165, 1.54) is 12.8 Å². The fraction of sp³-hybridized carbons (Fsp3) is 0.538. The molecule has 0 aliphatic heterocycles. The molecular weight excluding hydrogens is 280 g/mol. The molecule has 92 valence electrons. The summed E-state index contributed by atoms with van der Waals surface area (Å²) >= 11 is 3.31. The average molecular weight is 297 g/mol. The second-order valence-corrected chi connectivity index (χ2v) is 6.01. The highest BCUT2D eigenvalue weighted by molar-refractivity contribution is 9.10. The summed E-state index contributed by atoms with van der Waals surface area (Å²) in [5.74, 6) is 0.592. The smallest absolute Gasteiger partial charge is 0.252 e. The minimum Gasteiger partial charge on any atom is -0.351 e. The zero-order chi connectivity index (χ0) is 12.5. The number of pyridine rings is 1. The Morgan fingerprint density at radius 3 is 2.76 bits per heavy atom. The van der Waals surface area contributed by atoms with E-state index in [0.717, 1.165) is 11.0 Å². The van der Waals surface area contributed by atoms with E-state index < -0.39 is 0 Å². The van der Waals surface area contributed by atoms with Crippen LogP contribution in [0.25, 0.3) is 0 Å². The molecule has 1 aromatic rings. The van der Waals surface area contributed by atoms with Gasteiger partial charge in [0.05, 0.1) is 5.56 Å². The first-order chi connectivity index (χ1) is 8.03. The Morgan fingerprint density at radius 1 is 1.53 bits per heavy atom. The molecule has 1 saturated carbocycles. The number of nitrogens with one attached hydrogen (secondary N) is 1. The van der Waals surface area contributed by atoms with Gasteiger partial charge >= 0.3 is 0 Å². The van der Waals surface area contributed by atoms with E-state index in [1.807, 2.05) is 0 Å². The van der Waals surface area contributed by atoms with Gasteiger partial charge < -0.3 is 5.32 Å². The van der Waals surface area contributed by atoms with Crippen molar-refractivity contribution in [2.75, 3.05) is 6.54 Å². The van der Waals surface area contributed by atoms with Crippen LogP contribution in [0.5, 0.6) is 0 Å². The fourth-order valence-electron chi connectivity index (χ4n) is 2.01. The van der Waals surface area contributed by atoms with Crippen molar-refractivity contribution in [1.82, 2.24) is 10.3 Å². The molecule has 1 fully saturated rings. The van der Waals surface area contributed by atoms with Crippen LogP contribution >= 0.6 is 15.9 Å². The topological polar surface area (TPSA) is 42.0 Å². The van der Waals surface area contributed by atoms with E-state index in [1.54, 1.807) is 18.5 Å². The van der Waals surface area contributed by atoms with Crippen LogP contribution in [0.1, 0.15) is 37.0 Å². The summed E-state index contributed by atoms with van der Waals surface area (Å²) in [6.07, 6.45) is 5.71. The van der Waals surface area contributed by atoms with Crippen LogP contribution in [-0.4, -0.2) is 17.4 Å². The van der Waals surface area contributed by atoms with Crippen LogP contribution in [0, 0.1) is 11.3 Å². The Hall–Kier alpha value is -0.900. The molecule has 0 atom stereocenters. The van der Waals surface area contributed by atoms with Crippen LogP contribution in [0.2, 0.25) is 0 Å². The predicted molar refractivity (Wildman–Crippen MR) is 70.8 cm³/mol. The van der Waals surface area contributed by atoms with E-state index in [2.05, 4.69) is 40.1 Å². The highest BCUT2D eigenvalue weighted by atomic mass is 79.9. The van der Waals surface area contributed by atoms with Crippen molar-refractivity contribution in [3.8, 4) is 0 Å². The lowest BCUT2D eigenvalue weighted by molar-refractivity contribution is 0.0939. The molecular formula is C13H17BrN2O. The Morgan fingerprint density at radius 2 is 2.24 bits per heavy atom. The van der Waals surface area contributed by atoms with E-state index in [9.17, 15) is 4.79 Å². The lowest BCUT2D eigenvalue weighted by atomic mass is 9.92. The number of amides is 1. The summed E-state index contributed by atoms with van der Waals surface area (Å²) in [4.78, 5) is 15.9. The van der Waals surface area contributed by atoms with Gasteiger partial charge in [0, 0.05) is 23.4 Å². The molecule has 1 N–H and O–H groups in total. The first-order valence-electron chi connectivity index (χ1n) is 5.92. The van der Waals surface area contributed by atoms with E-state index in [4.69, 9.17) is 0 Å². The average Bonchev–Trinajstić information content (AvgIpc) is 3.07. The second kappa shape index (κ2) is 4.77. The van der Waals surface area contributed by atoms with Crippen molar-refractivity contribution < 1.29 is 4.79 Å². The molecule has 1 aromatic heterocycles. The molecule has 1 aliphatic rings. The van der Waals surface area contributed by atoms with Crippen LogP contribution in [-0.2, 0) is 0 Å². The van der Waals surface area contributed by atoms with Crippen molar-refractivity contribution in [2.24, 2.45) is 11.3 Å². The molecule has 0 unspecified atom stereocenters. The number of rotatable bonds is 4. The van der Waals surface area contributed by atoms with Crippen molar-refractivity contribution in [2.45, 2.75) is 26.7 Å². The molecule has 4 heteroatoms. The van der Waals surface area contributed by atoms with Gasteiger partial charge in [-0.25, -0.2) is 0 Å². The predicted octanol–water partition coefficient (Wildman–Crippen LogP) is 3.01. The summed E-state index contributed by atoms with van der Waals surface area (Å²) < 4.78 is 0.829. The molecule has 0 radical (unpaired) electrons. The highest BCUT2D eigenvalue weighted by Gasteiger charge is 2.45. The summed E-state index contributed by atoms with van der Waals surface area (Å²) in [5.41, 5.74) is 0.952. The number of nitrogens with zero attached hydrogens (tertiary/aromatic N) is 1. The summed E-state index contributed by atoms with van der Waals surface area (Å²) in [7, 11) is 0. The number of aromatic nitrogens is 1.